The first-order chi connectivity index (χ1) is 13.9. The number of methoxy groups -OCH3 is 1. The molecular weight excluding hydrogens is 456 g/mol. The Morgan fingerprint density at radius 1 is 0.897 bits per heavy atom. The first-order valence-corrected chi connectivity index (χ1v) is 9.89. The number of amides is 1. The van der Waals surface area contributed by atoms with Crippen molar-refractivity contribution < 1.29 is 14.3 Å². The van der Waals surface area contributed by atoms with E-state index < -0.39 is 0 Å². The molecule has 0 radical (unpaired) electrons. The lowest BCUT2D eigenvalue weighted by Gasteiger charge is -2.13. The van der Waals surface area contributed by atoms with Crippen LogP contribution >= 0.6 is 46.4 Å². The quantitative estimate of drug-likeness (QED) is 0.389. The summed E-state index contributed by atoms with van der Waals surface area (Å²) in [4.78, 5) is 12.7. The van der Waals surface area contributed by atoms with Crippen molar-refractivity contribution in [3.8, 4) is 11.5 Å². The van der Waals surface area contributed by atoms with Crippen molar-refractivity contribution in [2.24, 2.45) is 0 Å². The minimum Gasteiger partial charge on any atom is -0.496 e. The van der Waals surface area contributed by atoms with E-state index in [2.05, 4.69) is 5.32 Å². The Morgan fingerprint density at radius 2 is 1.59 bits per heavy atom. The molecule has 0 aliphatic rings. The van der Waals surface area contributed by atoms with Gasteiger partial charge < -0.3 is 14.8 Å². The van der Waals surface area contributed by atoms with E-state index in [1.165, 1.54) is 12.1 Å². The van der Waals surface area contributed by atoms with E-state index in [-0.39, 0.29) is 22.6 Å². The second-order valence-electron chi connectivity index (χ2n) is 5.97. The number of hydrogen-bond donors (Lipinski definition) is 1. The molecular formula is C21H15Cl4NO3. The van der Waals surface area contributed by atoms with Crippen LogP contribution in [0.25, 0.3) is 0 Å². The molecule has 1 N–H and O–H groups in total. The third kappa shape index (κ3) is 5.49. The van der Waals surface area contributed by atoms with Crippen molar-refractivity contribution in [1.82, 2.24) is 0 Å². The number of nitrogens with one attached hydrogen (secondary N) is 1. The molecule has 8 heteroatoms. The van der Waals surface area contributed by atoms with Crippen molar-refractivity contribution in [3.63, 3.8) is 0 Å². The lowest BCUT2D eigenvalue weighted by molar-refractivity contribution is 0.102. The zero-order valence-corrected chi connectivity index (χ0v) is 18.2. The van der Waals surface area contributed by atoms with Gasteiger partial charge >= 0.3 is 0 Å². The fourth-order valence-electron chi connectivity index (χ4n) is 2.54. The maximum Gasteiger partial charge on any atom is 0.255 e. The Kier molecular flexibility index (Phi) is 7.14. The Balaban J connectivity index is 1.79. The topological polar surface area (TPSA) is 47.6 Å². The number of hydrogen-bond acceptors (Lipinski definition) is 3. The van der Waals surface area contributed by atoms with Gasteiger partial charge in [0.2, 0.25) is 0 Å². The highest BCUT2D eigenvalue weighted by Gasteiger charge is 2.14. The smallest absolute Gasteiger partial charge is 0.255 e. The van der Waals surface area contributed by atoms with Gasteiger partial charge in [0.15, 0.2) is 0 Å². The van der Waals surface area contributed by atoms with Crippen molar-refractivity contribution in [1.29, 1.82) is 0 Å². The number of rotatable bonds is 6. The molecule has 0 unspecified atom stereocenters. The molecule has 150 valence electrons. The third-order valence-electron chi connectivity index (χ3n) is 4.01. The minimum atomic E-state index is -0.360. The molecule has 0 bridgehead atoms. The van der Waals surface area contributed by atoms with E-state index in [0.29, 0.717) is 38.4 Å². The summed E-state index contributed by atoms with van der Waals surface area (Å²) in [5.74, 6) is 0.887. The number of carbonyl (C=O) groups is 1. The second kappa shape index (κ2) is 9.59. The van der Waals surface area contributed by atoms with Crippen molar-refractivity contribution in [3.05, 3.63) is 85.8 Å². The van der Waals surface area contributed by atoms with Crippen LogP contribution in [-0.4, -0.2) is 13.0 Å². The van der Waals surface area contributed by atoms with Gasteiger partial charge in [0.05, 0.1) is 27.9 Å². The Labute approximate surface area is 188 Å². The fourth-order valence-corrected chi connectivity index (χ4v) is 3.26. The van der Waals surface area contributed by atoms with Crippen LogP contribution in [0.5, 0.6) is 11.5 Å². The van der Waals surface area contributed by atoms with Crippen LogP contribution in [0.1, 0.15) is 15.9 Å². The van der Waals surface area contributed by atoms with Crippen LogP contribution in [0.4, 0.5) is 5.69 Å². The van der Waals surface area contributed by atoms with Gasteiger partial charge in [-0.15, -0.1) is 0 Å². The molecule has 3 aromatic rings. The highest BCUT2D eigenvalue weighted by molar-refractivity contribution is 6.44. The van der Waals surface area contributed by atoms with Crippen molar-refractivity contribution >= 4 is 58.0 Å². The Hall–Kier alpha value is -2.11. The van der Waals surface area contributed by atoms with Gasteiger partial charge in [-0.2, -0.15) is 0 Å². The van der Waals surface area contributed by atoms with Crippen LogP contribution < -0.4 is 14.8 Å². The normalized spacial score (nSPS) is 10.5. The van der Waals surface area contributed by atoms with Crippen molar-refractivity contribution in [2.75, 3.05) is 12.4 Å². The van der Waals surface area contributed by atoms with E-state index >= 15 is 0 Å². The molecule has 0 saturated carbocycles. The summed E-state index contributed by atoms with van der Waals surface area (Å²) in [6.45, 7) is 0.208. The van der Waals surface area contributed by atoms with Gasteiger partial charge in [-0.25, -0.2) is 0 Å². The fraction of sp³-hybridized carbons (Fsp3) is 0.0952. The number of ether oxygens (including phenoxy) is 2. The molecule has 0 fully saturated rings. The predicted molar refractivity (Wildman–Crippen MR) is 118 cm³/mol. The number of carbonyl (C=O) groups excluding carboxylic acids is 1. The molecule has 0 aliphatic carbocycles. The van der Waals surface area contributed by atoms with Gasteiger partial charge in [0.1, 0.15) is 18.1 Å². The van der Waals surface area contributed by atoms with E-state index in [0.717, 1.165) is 0 Å². The zero-order chi connectivity index (χ0) is 21.0. The second-order valence-corrected chi connectivity index (χ2v) is 7.63. The monoisotopic (exact) mass is 469 g/mol. The maximum atomic E-state index is 12.7. The van der Waals surface area contributed by atoms with Crippen LogP contribution in [0.3, 0.4) is 0 Å². The van der Waals surface area contributed by atoms with Crippen molar-refractivity contribution in [2.45, 2.75) is 6.61 Å². The zero-order valence-electron chi connectivity index (χ0n) is 15.1. The molecule has 29 heavy (non-hydrogen) atoms. The average Bonchev–Trinajstić information content (AvgIpc) is 2.71. The molecule has 0 heterocycles. The molecule has 4 nitrogen and oxygen atoms in total. The van der Waals surface area contributed by atoms with E-state index in [1.807, 2.05) is 0 Å². The van der Waals surface area contributed by atoms with Crippen LogP contribution in [0, 0.1) is 0 Å². The van der Waals surface area contributed by atoms with E-state index in [1.54, 1.807) is 49.6 Å². The number of benzene rings is 3. The lowest BCUT2D eigenvalue weighted by atomic mass is 10.1. The summed E-state index contributed by atoms with van der Waals surface area (Å²) < 4.78 is 11.1. The van der Waals surface area contributed by atoms with Gasteiger partial charge in [-0.1, -0.05) is 46.4 Å². The maximum absolute atomic E-state index is 12.7. The highest BCUT2D eigenvalue weighted by Crippen LogP contribution is 2.32. The summed E-state index contributed by atoms with van der Waals surface area (Å²) in [7, 11) is 1.55. The molecule has 3 aromatic carbocycles. The van der Waals surface area contributed by atoms with Gasteiger partial charge in [0.25, 0.3) is 5.91 Å². The third-order valence-corrected chi connectivity index (χ3v) is 5.30. The standard InChI is InChI=1S/C21H15Cl4NO3/c1-28-20-7-2-12(8-13(20)11-29-15-5-3-14(22)4-6-15)21(27)26-19-10-17(24)16(23)9-18(19)25/h2-10H,11H2,1H3,(H,26,27). The van der Waals surface area contributed by atoms with Crippen LogP contribution in [0.2, 0.25) is 20.1 Å². The Bertz CT molecular complexity index is 1040. The molecule has 0 saturated heterocycles. The number of anilines is 1. The first-order valence-electron chi connectivity index (χ1n) is 8.38. The minimum absolute atomic E-state index is 0.208. The highest BCUT2D eigenvalue weighted by atomic mass is 35.5. The summed E-state index contributed by atoms with van der Waals surface area (Å²) in [5, 5.41) is 4.23. The van der Waals surface area contributed by atoms with Crippen LogP contribution in [-0.2, 0) is 6.61 Å². The van der Waals surface area contributed by atoms with Gasteiger partial charge in [-0.05, 0) is 54.6 Å². The SMILES string of the molecule is COc1ccc(C(=O)Nc2cc(Cl)c(Cl)cc2Cl)cc1COc1ccc(Cl)cc1. The summed E-state index contributed by atoms with van der Waals surface area (Å²) in [6, 6.07) is 15.0. The molecule has 3 rings (SSSR count). The largest absolute Gasteiger partial charge is 0.496 e. The first kappa shape index (κ1) is 21.6. The van der Waals surface area contributed by atoms with E-state index in [9.17, 15) is 4.79 Å². The number of halogens is 4. The molecule has 0 aliphatic heterocycles. The average molecular weight is 471 g/mol. The van der Waals surface area contributed by atoms with Gasteiger partial charge in [0, 0.05) is 16.1 Å². The molecule has 0 atom stereocenters. The predicted octanol–water partition coefficient (Wildman–Crippen LogP) is 7.14. The summed E-state index contributed by atoms with van der Waals surface area (Å²) >= 11 is 23.9. The molecule has 1 amide bonds. The van der Waals surface area contributed by atoms with Gasteiger partial charge in [-0.3, -0.25) is 4.79 Å². The summed E-state index contributed by atoms with van der Waals surface area (Å²) in [5.41, 5.74) is 1.47. The summed E-state index contributed by atoms with van der Waals surface area (Å²) in [6.07, 6.45) is 0. The molecule has 0 spiro atoms. The molecule has 0 aromatic heterocycles. The Morgan fingerprint density at radius 3 is 2.28 bits per heavy atom. The lowest BCUT2D eigenvalue weighted by Crippen LogP contribution is -2.13. The van der Waals surface area contributed by atoms with Crippen LogP contribution in [0.15, 0.2) is 54.6 Å². The van der Waals surface area contributed by atoms with E-state index in [4.69, 9.17) is 55.9 Å².